The zero-order chi connectivity index (χ0) is 12.1. The van der Waals surface area contributed by atoms with Gasteiger partial charge in [-0.3, -0.25) is 0 Å². The molecule has 17 heavy (non-hydrogen) atoms. The van der Waals surface area contributed by atoms with E-state index in [2.05, 4.69) is 19.2 Å². The quantitative estimate of drug-likeness (QED) is 0.801. The maximum atomic E-state index is 6.00. The van der Waals surface area contributed by atoms with Crippen LogP contribution in [0.3, 0.4) is 0 Å². The fourth-order valence-corrected chi connectivity index (χ4v) is 3.02. The van der Waals surface area contributed by atoms with Gasteiger partial charge in [0.1, 0.15) is 0 Å². The van der Waals surface area contributed by atoms with Gasteiger partial charge in [0.25, 0.3) is 0 Å². The van der Waals surface area contributed by atoms with Crippen LogP contribution in [0.4, 0.5) is 0 Å². The minimum Gasteiger partial charge on any atom is -0.381 e. The standard InChI is InChI=1S/C14H27NO2/c1-3-14(4-2)9-13(6-8-17-14)15-10-12-5-7-16-11-12/h12-13,15H,3-11H2,1-2H3. The molecule has 3 heteroatoms. The molecule has 0 aromatic rings. The van der Waals surface area contributed by atoms with E-state index in [1.54, 1.807) is 0 Å². The van der Waals surface area contributed by atoms with Crippen LogP contribution in [0.25, 0.3) is 0 Å². The highest BCUT2D eigenvalue weighted by molar-refractivity contribution is 4.88. The summed E-state index contributed by atoms with van der Waals surface area (Å²) in [6.07, 6.45) is 5.83. The van der Waals surface area contributed by atoms with Gasteiger partial charge in [-0.2, -0.15) is 0 Å². The molecule has 2 aliphatic rings. The molecule has 2 aliphatic heterocycles. The Labute approximate surface area is 105 Å². The van der Waals surface area contributed by atoms with Crippen LogP contribution in [0.2, 0.25) is 0 Å². The second kappa shape index (κ2) is 6.17. The zero-order valence-corrected chi connectivity index (χ0v) is 11.3. The summed E-state index contributed by atoms with van der Waals surface area (Å²) in [5.74, 6) is 0.732. The highest BCUT2D eigenvalue weighted by Gasteiger charge is 2.34. The van der Waals surface area contributed by atoms with Gasteiger partial charge >= 0.3 is 0 Å². The van der Waals surface area contributed by atoms with Crippen molar-refractivity contribution in [3.8, 4) is 0 Å². The molecule has 0 aliphatic carbocycles. The van der Waals surface area contributed by atoms with E-state index in [1.807, 2.05) is 0 Å². The lowest BCUT2D eigenvalue weighted by atomic mass is 9.86. The Hall–Kier alpha value is -0.120. The van der Waals surface area contributed by atoms with Gasteiger partial charge in [0, 0.05) is 25.8 Å². The number of nitrogens with one attached hydrogen (secondary N) is 1. The molecule has 0 aromatic heterocycles. The van der Waals surface area contributed by atoms with E-state index in [-0.39, 0.29) is 5.60 Å². The average Bonchev–Trinajstić information content (AvgIpc) is 2.90. The first-order chi connectivity index (χ1) is 8.28. The van der Waals surface area contributed by atoms with Crippen LogP contribution in [0.15, 0.2) is 0 Å². The largest absolute Gasteiger partial charge is 0.381 e. The van der Waals surface area contributed by atoms with Crippen LogP contribution in [-0.4, -0.2) is 38.0 Å². The third kappa shape index (κ3) is 3.43. The Morgan fingerprint density at radius 3 is 2.65 bits per heavy atom. The maximum absolute atomic E-state index is 6.00. The highest BCUT2D eigenvalue weighted by Crippen LogP contribution is 2.31. The molecule has 2 unspecified atom stereocenters. The van der Waals surface area contributed by atoms with Crippen molar-refractivity contribution in [2.24, 2.45) is 5.92 Å². The molecule has 2 atom stereocenters. The minimum absolute atomic E-state index is 0.141. The Balaban J connectivity index is 1.76. The van der Waals surface area contributed by atoms with Crippen LogP contribution >= 0.6 is 0 Å². The highest BCUT2D eigenvalue weighted by atomic mass is 16.5. The predicted molar refractivity (Wildman–Crippen MR) is 69.2 cm³/mol. The van der Waals surface area contributed by atoms with Crippen molar-refractivity contribution in [3.05, 3.63) is 0 Å². The van der Waals surface area contributed by atoms with E-state index in [0.29, 0.717) is 6.04 Å². The molecule has 0 amide bonds. The van der Waals surface area contributed by atoms with Crippen molar-refractivity contribution in [1.29, 1.82) is 0 Å². The Kier molecular flexibility index (Phi) is 4.83. The van der Waals surface area contributed by atoms with Crippen molar-refractivity contribution >= 4 is 0 Å². The van der Waals surface area contributed by atoms with Gasteiger partial charge in [0.15, 0.2) is 0 Å². The van der Waals surface area contributed by atoms with E-state index < -0.39 is 0 Å². The number of rotatable bonds is 5. The summed E-state index contributed by atoms with van der Waals surface area (Å²) < 4.78 is 11.4. The van der Waals surface area contributed by atoms with E-state index in [4.69, 9.17) is 9.47 Å². The zero-order valence-electron chi connectivity index (χ0n) is 11.3. The number of hydrogen-bond donors (Lipinski definition) is 1. The van der Waals surface area contributed by atoms with Gasteiger partial charge in [0.2, 0.25) is 0 Å². The summed E-state index contributed by atoms with van der Waals surface area (Å²) in [6.45, 7) is 8.43. The van der Waals surface area contributed by atoms with Gasteiger partial charge in [0.05, 0.1) is 12.2 Å². The van der Waals surface area contributed by atoms with Gasteiger partial charge in [-0.25, -0.2) is 0 Å². The van der Waals surface area contributed by atoms with Gasteiger partial charge in [-0.05, 0) is 38.0 Å². The first kappa shape index (κ1) is 13.3. The van der Waals surface area contributed by atoms with Gasteiger partial charge in [-0.15, -0.1) is 0 Å². The third-order valence-electron chi connectivity index (χ3n) is 4.50. The van der Waals surface area contributed by atoms with E-state index in [1.165, 1.54) is 12.8 Å². The van der Waals surface area contributed by atoms with Gasteiger partial charge in [-0.1, -0.05) is 13.8 Å². The van der Waals surface area contributed by atoms with Crippen LogP contribution in [0.1, 0.15) is 46.0 Å². The number of hydrogen-bond acceptors (Lipinski definition) is 3. The normalized spacial score (nSPS) is 32.8. The first-order valence-corrected chi connectivity index (χ1v) is 7.23. The van der Waals surface area contributed by atoms with Crippen LogP contribution < -0.4 is 5.32 Å². The van der Waals surface area contributed by atoms with Crippen LogP contribution in [-0.2, 0) is 9.47 Å². The van der Waals surface area contributed by atoms with Crippen molar-refractivity contribution in [2.45, 2.75) is 57.6 Å². The molecule has 1 N–H and O–H groups in total. The summed E-state index contributed by atoms with van der Waals surface area (Å²) in [4.78, 5) is 0. The van der Waals surface area contributed by atoms with E-state index in [9.17, 15) is 0 Å². The molecule has 0 aromatic carbocycles. The lowest BCUT2D eigenvalue weighted by Gasteiger charge is -2.40. The second-order valence-corrected chi connectivity index (χ2v) is 5.57. The lowest BCUT2D eigenvalue weighted by Crippen LogP contribution is -2.47. The molecule has 3 nitrogen and oxygen atoms in total. The molecule has 0 saturated carbocycles. The third-order valence-corrected chi connectivity index (χ3v) is 4.50. The summed E-state index contributed by atoms with van der Waals surface area (Å²) in [5, 5.41) is 3.73. The van der Waals surface area contributed by atoms with Crippen molar-refractivity contribution in [1.82, 2.24) is 5.32 Å². The van der Waals surface area contributed by atoms with Crippen molar-refractivity contribution in [2.75, 3.05) is 26.4 Å². The predicted octanol–water partition coefficient (Wildman–Crippen LogP) is 2.35. The molecule has 0 bridgehead atoms. The van der Waals surface area contributed by atoms with E-state index in [0.717, 1.165) is 51.5 Å². The summed E-state index contributed by atoms with van der Waals surface area (Å²) in [7, 11) is 0. The molecule has 2 heterocycles. The Morgan fingerprint density at radius 2 is 2.00 bits per heavy atom. The summed E-state index contributed by atoms with van der Waals surface area (Å²) >= 11 is 0. The van der Waals surface area contributed by atoms with Crippen molar-refractivity contribution < 1.29 is 9.47 Å². The molecule has 2 fully saturated rings. The van der Waals surface area contributed by atoms with Crippen molar-refractivity contribution in [3.63, 3.8) is 0 Å². The molecular formula is C14H27NO2. The Morgan fingerprint density at radius 1 is 1.18 bits per heavy atom. The SMILES string of the molecule is CCC1(CC)CC(NCC2CCOC2)CCO1. The summed E-state index contributed by atoms with van der Waals surface area (Å²) in [5.41, 5.74) is 0.141. The van der Waals surface area contributed by atoms with Gasteiger partial charge < -0.3 is 14.8 Å². The molecule has 100 valence electrons. The average molecular weight is 241 g/mol. The van der Waals surface area contributed by atoms with Crippen LogP contribution in [0.5, 0.6) is 0 Å². The Bertz CT molecular complexity index is 222. The molecule has 0 spiro atoms. The minimum atomic E-state index is 0.141. The number of ether oxygens (including phenoxy) is 2. The topological polar surface area (TPSA) is 30.5 Å². The lowest BCUT2D eigenvalue weighted by molar-refractivity contribution is -0.0932. The molecular weight excluding hydrogens is 214 g/mol. The molecule has 2 rings (SSSR count). The monoisotopic (exact) mass is 241 g/mol. The molecule has 2 saturated heterocycles. The van der Waals surface area contributed by atoms with E-state index >= 15 is 0 Å². The second-order valence-electron chi connectivity index (χ2n) is 5.57. The fraction of sp³-hybridized carbons (Fsp3) is 1.00. The maximum Gasteiger partial charge on any atom is 0.0692 e. The van der Waals surface area contributed by atoms with Crippen LogP contribution in [0, 0.1) is 5.92 Å². The summed E-state index contributed by atoms with van der Waals surface area (Å²) in [6, 6.07) is 0.643. The smallest absolute Gasteiger partial charge is 0.0692 e. The molecule has 0 radical (unpaired) electrons. The fourth-order valence-electron chi connectivity index (χ4n) is 3.02. The first-order valence-electron chi connectivity index (χ1n) is 7.23.